The van der Waals surface area contributed by atoms with E-state index in [9.17, 15) is 13.2 Å². The number of hydrogen-bond donors (Lipinski definition) is 1. The summed E-state index contributed by atoms with van der Waals surface area (Å²) in [5.74, 6) is -0.129. The van der Waals surface area contributed by atoms with Crippen LogP contribution in [0.25, 0.3) is 0 Å². The third-order valence-electron chi connectivity index (χ3n) is 3.20. The standard InChI is InChI=1S/C13H18N2O5S/c1-19-11-5-4-10(20-9-13(14)16)8-12(11)21(17,18)15-6-2-3-7-15/h4-5,8H,2-3,6-7,9H2,1H3,(H2,14,16). The molecule has 1 aliphatic heterocycles. The number of rotatable bonds is 6. The van der Waals surface area contributed by atoms with E-state index in [0.29, 0.717) is 13.1 Å². The van der Waals surface area contributed by atoms with Crippen molar-refractivity contribution >= 4 is 15.9 Å². The van der Waals surface area contributed by atoms with Gasteiger partial charge in [-0.25, -0.2) is 8.42 Å². The maximum Gasteiger partial charge on any atom is 0.255 e. The van der Waals surface area contributed by atoms with Gasteiger partial charge in [-0.2, -0.15) is 4.31 Å². The Hall–Kier alpha value is -1.80. The molecule has 8 heteroatoms. The van der Waals surface area contributed by atoms with Crippen LogP contribution in [0, 0.1) is 0 Å². The maximum atomic E-state index is 12.6. The molecule has 1 aromatic rings. The average molecular weight is 314 g/mol. The molecule has 0 spiro atoms. The lowest BCUT2D eigenvalue weighted by molar-refractivity contribution is -0.119. The first-order chi connectivity index (χ1) is 9.95. The zero-order chi connectivity index (χ0) is 15.5. The average Bonchev–Trinajstić information content (AvgIpc) is 2.99. The topological polar surface area (TPSA) is 98.9 Å². The molecule has 0 aromatic heterocycles. The molecule has 1 amide bonds. The van der Waals surface area contributed by atoms with Crippen LogP contribution < -0.4 is 15.2 Å². The second kappa shape index (κ2) is 6.31. The van der Waals surface area contributed by atoms with Gasteiger partial charge in [-0.15, -0.1) is 0 Å². The third-order valence-corrected chi connectivity index (χ3v) is 5.12. The number of hydrogen-bond acceptors (Lipinski definition) is 5. The van der Waals surface area contributed by atoms with Crippen molar-refractivity contribution in [2.24, 2.45) is 5.73 Å². The molecule has 0 atom stereocenters. The molecule has 1 fully saturated rings. The van der Waals surface area contributed by atoms with E-state index in [4.69, 9.17) is 15.2 Å². The molecule has 1 aromatic carbocycles. The summed E-state index contributed by atoms with van der Waals surface area (Å²) in [6, 6.07) is 4.39. The summed E-state index contributed by atoms with van der Waals surface area (Å²) in [6.07, 6.45) is 1.69. The Bertz CT molecular complexity index is 623. The SMILES string of the molecule is COc1ccc(OCC(N)=O)cc1S(=O)(=O)N1CCCC1. The minimum absolute atomic E-state index is 0.0360. The highest BCUT2D eigenvalue weighted by Crippen LogP contribution is 2.32. The van der Waals surface area contributed by atoms with Crippen LogP contribution >= 0.6 is 0 Å². The Morgan fingerprint density at radius 3 is 2.57 bits per heavy atom. The number of sulfonamides is 1. The third kappa shape index (κ3) is 3.45. The Morgan fingerprint density at radius 2 is 2.00 bits per heavy atom. The highest BCUT2D eigenvalue weighted by molar-refractivity contribution is 7.89. The van der Waals surface area contributed by atoms with Crippen LogP contribution in [0.3, 0.4) is 0 Å². The van der Waals surface area contributed by atoms with Gasteiger partial charge in [-0.3, -0.25) is 4.79 Å². The van der Waals surface area contributed by atoms with E-state index >= 15 is 0 Å². The zero-order valence-corrected chi connectivity index (χ0v) is 12.6. The number of primary amides is 1. The second-order valence-electron chi connectivity index (χ2n) is 4.68. The summed E-state index contributed by atoms with van der Waals surface area (Å²) in [4.78, 5) is 10.8. The molecule has 0 aliphatic carbocycles. The van der Waals surface area contributed by atoms with E-state index < -0.39 is 15.9 Å². The van der Waals surface area contributed by atoms with Gasteiger partial charge >= 0.3 is 0 Å². The van der Waals surface area contributed by atoms with Crippen molar-refractivity contribution in [1.29, 1.82) is 0 Å². The van der Waals surface area contributed by atoms with Gasteiger partial charge < -0.3 is 15.2 Å². The molecule has 0 bridgehead atoms. The van der Waals surface area contributed by atoms with Gasteiger partial charge in [0.15, 0.2) is 6.61 Å². The predicted molar refractivity (Wildman–Crippen MR) is 75.7 cm³/mol. The van der Waals surface area contributed by atoms with Crippen molar-refractivity contribution in [3.05, 3.63) is 18.2 Å². The maximum absolute atomic E-state index is 12.6. The molecule has 7 nitrogen and oxygen atoms in total. The Balaban J connectivity index is 2.35. The van der Waals surface area contributed by atoms with E-state index in [0.717, 1.165) is 12.8 Å². The first kappa shape index (κ1) is 15.6. The summed E-state index contributed by atoms with van der Waals surface area (Å²) < 4.78 is 36.9. The molecule has 2 rings (SSSR count). The molecule has 0 unspecified atom stereocenters. The monoisotopic (exact) mass is 314 g/mol. The molecule has 116 valence electrons. The zero-order valence-electron chi connectivity index (χ0n) is 11.7. The smallest absolute Gasteiger partial charge is 0.255 e. The number of carbonyl (C=O) groups excluding carboxylic acids is 1. The molecular weight excluding hydrogens is 296 g/mol. The van der Waals surface area contributed by atoms with E-state index in [2.05, 4.69) is 0 Å². The number of carbonyl (C=O) groups is 1. The van der Waals surface area contributed by atoms with Crippen molar-refractivity contribution in [2.75, 3.05) is 26.8 Å². The normalized spacial score (nSPS) is 15.9. The fraction of sp³-hybridized carbons (Fsp3) is 0.462. The number of benzene rings is 1. The summed E-state index contributed by atoms with van der Waals surface area (Å²) in [5.41, 5.74) is 5.00. The van der Waals surface area contributed by atoms with Crippen molar-refractivity contribution in [3.63, 3.8) is 0 Å². The fourth-order valence-corrected chi connectivity index (χ4v) is 3.86. The molecule has 21 heavy (non-hydrogen) atoms. The fourth-order valence-electron chi connectivity index (χ4n) is 2.17. The minimum Gasteiger partial charge on any atom is -0.495 e. The van der Waals surface area contributed by atoms with Crippen molar-refractivity contribution in [1.82, 2.24) is 4.31 Å². The number of methoxy groups -OCH3 is 1. The van der Waals surface area contributed by atoms with Gasteiger partial charge in [-0.05, 0) is 25.0 Å². The minimum atomic E-state index is -3.63. The van der Waals surface area contributed by atoms with Crippen LogP contribution in [-0.2, 0) is 14.8 Å². The van der Waals surface area contributed by atoms with Crippen molar-refractivity contribution in [3.8, 4) is 11.5 Å². The highest BCUT2D eigenvalue weighted by atomic mass is 32.2. The number of nitrogens with two attached hydrogens (primary N) is 1. The van der Waals surface area contributed by atoms with Crippen LogP contribution in [0.15, 0.2) is 23.1 Å². The summed E-state index contributed by atoms with van der Waals surface area (Å²) in [6.45, 7) is 0.686. The first-order valence-electron chi connectivity index (χ1n) is 6.54. The summed E-state index contributed by atoms with van der Waals surface area (Å²) in [7, 11) is -2.23. The lowest BCUT2D eigenvalue weighted by Crippen LogP contribution is -2.28. The quantitative estimate of drug-likeness (QED) is 0.816. The Kier molecular flexibility index (Phi) is 4.69. The highest BCUT2D eigenvalue weighted by Gasteiger charge is 2.30. The van der Waals surface area contributed by atoms with E-state index in [1.807, 2.05) is 0 Å². The van der Waals surface area contributed by atoms with Gasteiger partial charge in [0.2, 0.25) is 10.0 Å². The molecule has 0 saturated carbocycles. The molecular formula is C13H18N2O5S. The van der Waals surface area contributed by atoms with E-state index in [-0.39, 0.29) is 23.0 Å². The van der Waals surface area contributed by atoms with Gasteiger partial charge in [0.05, 0.1) is 7.11 Å². The van der Waals surface area contributed by atoms with Gasteiger partial charge in [0, 0.05) is 19.2 Å². The van der Waals surface area contributed by atoms with Crippen molar-refractivity contribution in [2.45, 2.75) is 17.7 Å². The van der Waals surface area contributed by atoms with E-state index in [1.165, 1.54) is 29.6 Å². The number of nitrogens with zero attached hydrogens (tertiary/aromatic N) is 1. The van der Waals surface area contributed by atoms with Gasteiger partial charge in [0.25, 0.3) is 5.91 Å². The van der Waals surface area contributed by atoms with Crippen LogP contribution in [0.4, 0.5) is 0 Å². The second-order valence-corrected chi connectivity index (χ2v) is 6.59. The van der Waals surface area contributed by atoms with Crippen LogP contribution in [-0.4, -0.2) is 45.4 Å². The molecule has 0 radical (unpaired) electrons. The largest absolute Gasteiger partial charge is 0.495 e. The van der Waals surface area contributed by atoms with Crippen LogP contribution in [0.2, 0.25) is 0 Å². The Morgan fingerprint density at radius 1 is 1.33 bits per heavy atom. The molecule has 1 aliphatic rings. The predicted octanol–water partition coefficient (Wildman–Crippen LogP) is 0.344. The van der Waals surface area contributed by atoms with Crippen LogP contribution in [0.5, 0.6) is 11.5 Å². The van der Waals surface area contributed by atoms with E-state index in [1.54, 1.807) is 0 Å². The number of ether oxygens (including phenoxy) is 2. The lowest BCUT2D eigenvalue weighted by atomic mass is 10.3. The lowest BCUT2D eigenvalue weighted by Gasteiger charge is -2.18. The Labute approximate surface area is 123 Å². The molecule has 2 N–H and O–H groups in total. The van der Waals surface area contributed by atoms with Gasteiger partial charge in [-0.1, -0.05) is 0 Å². The van der Waals surface area contributed by atoms with Crippen molar-refractivity contribution < 1.29 is 22.7 Å². The van der Waals surface area contributed by atoms with Crippen LogP contribution in [0.1, 0.15) is 12.8 Å². The molecule has 1 heterocycles. The summed E-state index contributed by atoms with van der Waals surface area (Å²) >= 11 is 0. The summed E-state index contributed by atoms with van der Waals surface area (Å²) in [5, 5.41) is 0. The first-order valence-corrected chi connectivity index (χ1v) is 7.98. The van der Waals surface area contributed by atoms with Gasteiger partial charge in [0.1, 0.15) is 16.4 Å². The molecule has 1 saturated heterocycles. The number of amides is 1.